The summed E-state index contributed by atoms with van der Waals surface area (Å²) in [6.45, 7) is 4.75. The fourth-order valence-electron chi connectivity index (χ4n) is 5.31. The van der Waals surface area contributed by atoms with Gasteiger partial charge in [0.05, 0.1) is 5.69 Å². The van der Waals surface area contributed by atoms with Crippen molar-refractivity contribution >= 4 is 24.0 Å². The molecule has 1 aliphatic carbocycles. The molecule has 0 unspecified atom stereocenters. The van der Waals surface area contributed by atoms with E-state index in [1.54, 1.807) is 20.8 Å². The third kappa shape index (κ3) is 8.13. The number of hydrogen-bond donors (Lipinski definition) is 3. The van der Waals surface area contributed by atoms with Crippen molar-refractivity contribution in [1.29, 1.82) is 0 Å². The molecule has 4 aromatic rings. The van der Waals surface area contributed by atoms with Crippen LogP contribution in [0.4, 0.5) is 14.0 Å². The number of alkyl carbamates (subject to hydrolysis) is 1. The molecule has 12 heteroatoms. The predicted octanol–water partition coefficient (Wildman–Crippen LogP) is 5.55. The minimum Gasteiger partial charge on any atom is -0.448 e. The number of nitrogens with one attached hydrogen (secondary N) is 3. The van der Waals surface area contributed by atoms with Gasteiger partial charge in [-0.2, -0.15) is 0 Å². The Morgan fingerprint density at radius 3 is 2.15 bits per heavy atom. The number of aromatic nitrogens is 1. The maximum atomic E-state index is 13.5. The van der Waals surface area contributed by atoms with Crippen LogP contribution >= 0.6 is 0 Å². The number of rotatable bonds is 8. The summed E-state index contributed by atoms with van der Waals surface area (Å²) in [5.74, 6) is -1.96. The second-order valence-corrected chi connectivity index (χ2v) is 12.3. The van der Waals surface area contributed by atoms with E-state index in [1.165, 1.54) is 43.6 Å². The molecule has 0 bridgehead atoms. The van der Waals surface area contributed by atoms with Gasteiger partial charge in [0.2, 0.25) is 0 Å². The summed E-state index contributed by atoms with van der Waals surface area (Å²) < 4.78 is 24.4. The Kier molecular flexibility index (Phi) is 10.0. The highest BCUT2D eigenvalue weighted by Crippen LogP contribution is 2.44. The largest absolute Gasteiger partial charge is 0.448 e. The van der Waals surface area contributed by atoms with Gasteiger partial charge in [0.15, 0.2) is 0 Å². The molecule has 0 saturated heterocycles. The number of pyridine rings is 1. The van der Waals surface area contributed by atoms with Crippen LogP contribution in [0.5, 0.6) is 0 Å². The van der Waals surface area contributed by atoms with Crippen LogP contribution in [0.3, 0.4) is 0 Å². The molecule has 0 atom stereocenters. The van der Waals surface area contributed by atoms with Crippen LogP contribution in [0.2, 0.25) is 0 Å². The Bertz CT molecular complexity index is 1790. The van der Waals surface area contributed by atoms with Crippen molar-refractivity contribution < 1.29 is 33.0 Å². The molecule has 3 N–H and O–H groups in total. The molecule has 48 heavy (non-hydrogen) atoms. The third-order valence-corrected chi connectivity index (χ3v) is 7.54. The number of nitrogens with zero attached hydrogens (tertiary/aromatic N) is 2. The number of hydrogen-bond acceptors (Lipinski definition) is 7. The number of fused-ring (bicyclic) bond motifs is 3. The van der Waals surface area contributed by atoms with Crippen molar-refractivity contribution in [3.63, 3.8) is 0 Å². The van der Waals surface area contributed by atoms with Crippen molar-refractivity contribution in [3.8, 4) is 22.4 Å². The lowest BCUT2D eigenvalue weighted by Crippen LogP contribution is -2.47. The Morgan fingerprint density at radius 1 is 0.896 bits per heavy atom. The molecule has 0 spiro atoms. The van der Waals surface area contributed by atoms with Crippen LogP contribution in [0.25, 0.3) is 22.4 Å². The van der Waals surface area contributed by atoms with Gasteiger partial charge in [-0.25, -0.2) is 14.0 Å². The Labute approximate surface area is 277 Å². The molecule has 0 fully saturated rings. The van der Waals surface area contributed by atoms with E-state index in [9.17, 15) is 23.6 Å². The quantitative estimate of drug-likeness (QED) is 0.212. The van der Waals surface area contributed by atoms with Gasteiger partial charge in [0.25, 0.3) is 11.8 Å². The molecule has 1 aliphatic rings. The summed E-state index contributed by atoms with van der Waals surface area (Å²) in [6, 6.07) is 22.9. The van der Waals surface area contributed by atoms with Crippen molar-refractivity contribution in [2.75, 3.05) is 20.2 Å². The van der Waals surface area contributed by atoms with Gasteiger partial charge in [0, 0.05) is 42.4 Å². The van der Waals surface area contributed by atoms with Gasteiger partial charge in [-0.15, -0.1) is 0 Å². The van der Waals surface area contributed by atoms with Gasteiger partial charge < -0.3 is 19.7 Å². The number of ether oxygens (including phenoxy) is 2. The SMILES string of the molecule is CN(CC(=O)NNC(=O)c1cc(-c2ccc(F)cc2)ncc1CNC(=O)OC(C)(C)C)C(=O)OCC1c2ccccc2-c2ccccc21. The van der Waals surface area contributed by atoms with Crippen LogP contribution in [0.15, 0.2) is 85.1 Å². The summed E-state index contributed by atoms with van der Waals surface area (Å²) in [7, 11) is 1.42. The highest BCUT2D eigenvalue weighted by molar-refractivity contribution is 5.98. The average Bonchev–Trinajstić information content (AvgIpc) is 3.38. The molecule has 11 nitrogen and oxygen atoms in total. The van der Waals surface area contributed by atoms with Gasteiger partial charge in [-0.3, -0.25) is 25.4 Å². The minimum absolute atomic E-state index is 0.0885. The first kappa shape index (κ1) is 33.6. The standard InChI is InChI=1S/C36H36FN5O6/c1-36(2,3)48-34(45)39-19-23-18-38-31(22-13-15-24(37)16-14-22)17-29(23)33(44)41-40-32(43)20-42(4)35(46)47-21-30-27-11-7-5-9-25(27)26-10-6-8-12-28(26)30/h5-18,30H,19-21H2,1-4H3,(H,39,45)(H,40,43)(H,41,44). The van der Waals surface area contributed by atoms with Crippen molar-refractivity contribution in [2.24, 2.45) is 0 Å². The van der Waals surface area contributed by atoms with Gasteiger partial charge in [-0.05, 0) is 73.4 Å². The van der Waals surface area contributed by atoms with E-state index in [4.69, 9.17) is 9.47 Å². The van der Waals surface area contributed by atoms with Crippen molar-refractivity contribution in [3.05, 3.63) is 113 Å². The van der Waals surface area contributed by atoms with Gasteiger partial charge >= 0.3 is 12.2 Å². The maximum Gasteiger partial charge on any atom is 0.409 e. The predicted molar refractivity (Wildman–Crippen MR) is 176 cm³/mol. The monoisotopic (exact) mass is 653 g/mol. The summed E-state index contributed by atoms with van der Waals surface area (Å²) >= 11 is 0. The molecule has 0 aliphatic heterocycles. The first-order chi connectivity index (χ1) is 22.9. The summed E-state index contributed by atoms with van der Waals surface area (Å²) in [5, 5.41) is 2.59. The normalized spacial score (nSPS) is 11.9. The second-order valence-electron chi connectivity index (χ2n) is 12.3. The van der Waals surface area contributed by atoms with Crippen LogP contribution in [-0.4, -0.2) is 59.7 Å². The van der Waals surface area contributed by atoms with Crippen molar-refractivity contribution in [1.82, 2.24) is 26.1 Å². The molecular formula is C36H36FN5O6. The zero-order chi connectivity index (χ0) is 34.4. The average molecular weight is 654 g/mol. The lowest BCUT2D eigenvalue weighted by molar-refractivity contribution is -0.122. The Morgan fingerprint density at radius 2 is 1.52 bits per heavy atom. The van der Waals surface area contributed by atoms with E-state index in [0.29, 0.717) is 16.8 Å². The molecule has 0 saturated carbocycles. The first-order valence-electron chi connectivity index (χ1n) is 15.3. The molecule has 248 valence electrons. The summed E-state index contributed by atoms with van der Waals surface area (Å²) in [4.78, 5) is 56.6. The van der Waals surface area contributed by atoms with Crippen LogP contribution in [0, 0.1) is 5.82 Å². The zero-order valence-electron chi connectivity index (χ0n) is 27.0. The van der Waals surface area contributed by atoms with Crippen LogP contribution < -0.4 is 16.2 Å². The minimum atomic E-state index is -0.730. The topological polar surface area (TPSA) is 139 Å². The van der Waals surface area contributed by atoms with E-state index in [0.717, 1.165) is 27.2 Å². The molecule has 5 rings (SSSR count). The molecule has 3 aromatic carbocycles. The number of amides is 4. The second kappa shape index (κ2) is 14.3. The maximum absolute atomic E-state index is 13.5. The van der Waals surface area contributed by atoms with E-state index in [1.807, 2.05) is 48.5 Å². The van der Waals surface area contributed by atoms with Gasteiger partial charge in [0.1, 0.15) is 24.6 Å². The van der Waals surface area contributed by atoms with Gasteiger partial charge in [-0.1, -0.05) is 48.5 Å². The van der Waals surface area contributed by atoms with E-state index in [-0.39, 0.29) is 24.6 Å². The molecule has 4 amide bonds. The fourth-order valence-corrected chi connectivity index (χ4v) is 5.31. The van der Waals surface area contributed by atoms with Crippen molar-refractivity contribution in [2.45, 2.75) is 38.8 Å². The summed E-state index contributed by atoms with van der Waals surface area (Å²) in [6.07, 6.45) is 0.00511. The summed E-state index contributed by atoms with van der Waals surface area (Å²) in [5.41, 5.74) is 9.58. The lowest BCUT2D eigenvalue weighted by Gasteiger charge is -2.20. The highest BCUT2D eigenvalue weighted by atomic mass is 19.1. The highest BCUT2D eigenvalue weighted by Gasteiger charge is 2.29. The number of benzene rings is 3. The first-order valence-corrected chi connectivity index (χ1v) is 15.3. The third-order valence-electron chi connectivity index (χ3n) is 7.54. The smallest absolute Gasteiger partial charge is 0.409 e. The van der Waals surface area contributed by atoms with E-state index >= 15 is 0 Å². The number of halogens is 1. The number of likely N-dealkylation sites (N-methyl/N-ethyl adjacent to an activating group) is 1. The number of carbonyl (C=O) groups is 4. The fraction of sp³-hybridized carbons (Fsp3) is 0.250. The molecule has 0 radical (unpaired) electrons. The van der Waals surface area contributed by atoms with Crippen LogP contribution in [0.1, 0.15) is 53.7 Å². The number of hydrazine groups is 1. The number of carbonyl (C=O) groups excluding carboxylic acids is 4. The molecular weight excluding hydrogens is 617 g/mol. The van der Waals surface area contributed by atoms with E-state index < -0.39 is 42.0 Å². The van der Waals surface area contributed by atoms with Crippen LogP contribution in [-0.2, 0) is 20.8 Å². The lowest BCUT2D eigenvalue weighted by atomic mass is 9.98. The zero-order valence-corrected chi connectivity index (χ0v) is 27.0. The Hall–Kier alpha value is -5.78. The Balaban J connectivity index is 1.20. The molecule has 1 aromatic heterocycles. The van der Waals surface area contributed by atoms with E-state index in [2.05, 4.69) is 21.2 Å². The molecule has 1 heterocycles.